The molecule has 4 atom stereocenters. The van der Waals surface area contributed by atoms with E-state index in [1.807, 2.05) is 12.1 Å². The standard InChI is InChI=1S/C26H26N2O6S/c1-26(2)20(24(31)32)28-22(30)19(23(28)35-26)27-21(29)18(15-7-4-3-5-8-15)25(33)34-17-12-11-14-9-6-10-16(14)13-17/h3-5,7-8,11-13,18-20,23H,6,9-10H2,1-2H3,(H,27,29)(H,31,32)/t18-,19+,20+,23-/m1/s1. The van der Waals surface area contributed by atoms with Crippen molar-refractivity contribution in [1.29, 1.82) is 0 Å². The first-order valence-corrected chi connectivity index (χ1v) is 12.5. The SMILES string of the molecule is CC1(C)S[C@@H]2[C@@H](NC(=O)[C@H](C(=O)Oc3ccc4c(c3)CCC4)c3ccccc3)C(=O)N2[C@H]1C(=O)O. The van der Waals surface area contributed by atoms with Crippen LogP contribution in [0.15, 0.2) is 48.5 Å². The monoisotopic (exact) mass is 494 g/mol. The Hall–Kier alpha value is -3.33. The largest absolute Gasteiger partial charge is 0.480 e. The highest BCUT2D eigenvalue weighted by Crippen LogP contribution is 2.50. The van der Waals surface area contributed by atoms with Crippen molar-refractivity contribution in [3.8, 4) is 5.75 Å². The number of ether oxygens (including phenoxy) is 1. The van der Waals surface area contributed by atoms with Gasteiger partial charge in [-0.2, -0.15) is 0 Å². The molecule has 182 valence electrons. The van der Waals surface area contributed by atoms with E-state index in [1.54, 1.807) is 50.2 Å². The molecule has 2 aromatic carbocycles. The van der Waals surface area contributed by atoms with Gasteiger partial charge in [-0.1, -0.05) is 36.4 Å². The van der Waals surface area contributed by atoms with Crippen molar-refractivity contribution in [2.75, 3.05) is 0 Å². The minimum Gasteiger partial charge on any atom is -0.480 e. The fraction of sp³-hybridized carbons (Fsp3) is 0.385. The fourth-order valence-electron chi connectivity index (χ4n) is 5.21. The number of carbonyl (C=O) groups is 4. The second kappa shape index (κ2) is 8.71. The molecule has 2 aliphatic heterocycles. The maximum atomic E-state index is 13.4. The van der Waals surface area contributed by atoms with Crippen LogP contribution < -0.4 is 10.1 Å². The van der Waals surface area contributed by atoms with E-state index in [-0.39, 0.29) is 0 Å². The number of hydrogen-bond acceptors (Lipinski definition) is 6. The molecule has 0 unspecified atom stereocenters. The van der Waals surface area contributed by atoms with Gasteiger partial charge in [0.15, 0.2) is 5.92 Å². The first-order valence-electron chi connectivity index (χ1n) is 11.6. The van der Waals surface area contributed by atoms with E-state index in [9.17, 15) is 24.3 Å². The van der Waals surface area contributed by atoms with Gasteiger partial charge in [-0.25, -0.2) is 4.79 Å². The molecule has 2 heterocycles. The number of esters is 1. The van der Waals surface area contributed by atoms with Crippen molar-refractivity contribution >= 4 is 35.5 Å². The van der Waals surface area contributed by atoms with E-state index >= 15 is 0 Å². The van der Waals surface area contributed by atoms with Gasteiger partial charge in [-0.3, -0.25) is 14.4 Å². The van der Waals surface area contributed by atoms with Crippen LogP contribution in [-0.4, -0.2) is 56.0 Å². The Bertz CT molecular complexity index is 1210. The molecule has 3 aliphatic rings. The molecular weight excluding hydrogens is 468 g/mol. The maximum absolute atomic E-state index is 13.4. The van der Waals surface area contributed by atoms with Gasteiger partial charge in [0.1, 0.15) is 23.2 Å². The molecule has 5 rings (SSSR count). The summed E-state index contributed by atoms with van der Waals surface area (Å²) >= 11 is 1.33. The van der Waals surface area contributed by atoms with Gasteiger partial charge >= 0.3 is 11.9 Å². The normalized spacial score (nSPS) is 24.7. The van der Waals surface area contributed by atoms with E-state index in [0.29, 0.717) is 11.3 Å². The lowest BCUT2D eigenvalue weighted by Gasteiger charge is -2.43. The summed E-state index contributed by atoms with van der Waals surface area (Å²) in [6.45, 7) is 3.53. The number of carbonyl (C=O) groups excluding carboxylic acids is 3. The lowest BCUT2D eigenvalue weighted by atomic mass is 9.94. The zero-order valence-electron chi connectivity index (χ0n) is 19.4. The quantitative estimate of drug-likeness (QED) is 0.275. The number of nitrogens with zero attached hydrogens (tertiary/aromatic N) is 1. The molecule has 2 aromatic rings. The van der Waals surface area contributed by atoms with E-state index in [1.165, 1.54) is 22.2 Å². The molecule has 2 amide bonds. The smallest absolute Gasteiger partial charge is 0.328 e. The number of carboxylic acid groups (broad SMARTS) is 1. The van der Waals surface area contributed by atoms with E-state index < -0.39 is 51.9 Å². The molecule has 35 heavy (non-hydrogen) atoms. The highest BCUT2D eigenvalue weighted by atomic mass is 32.2. The predicted molar refractivity (Wildman–Crippen MR) is 129 cm³/mol. The lowest BCUT2D eigenvalue weighted by Crippen LogP contribution is -2.71. The number of carboxylic acids is 1. The van der Waals surface area contributed by atoms with Gasteiger partial charge in [-0.15, -0.1) is 11.8 Å². The summed E-state index contributed by atoms with van der Waals surface area (Å²) in [6, 6.07) is 12.2. The molecular formula is C26H26N2O6S. The molecule has 0 spiro atoms. The first kappa shape index (κ1) is 23.4. The Labute approximate surface area is 207 Å². The molecule has 2 fully saturated rings. The molecule has 2 N–H and O–H groups in total. The zero-order chi connectivity index (χ0) is 24.9. The summed E-state index contributed by atoms with van der Waals surface area (Å²) in [4.78, 5) is 52.5. The summed E-state index contributed by atoms with van der Waals surface area (Å²) in [5.74, 6) is -3.83. The number of nitrogens with one attached hydrogen (secondary N) is 1. The number of hydrogen-bond donors (Lipinski definition) is 2. The average molecular weight is 495 g/mol. The van der Waals surface area contributed by atoms with Crippen LogP contribution in [0, 0.1) is 0 Å². The summed E-state index contributed by atoms with van der Waals surface area (Å²) in [5.41, 5.74) is 2.83. The van der Waals surface area contributed by atoms with Gasteiger partial charge in [0.05, 0.1) is 0 Å². The van der Waals surface area contributed by atoms with Crippen LogP contribution in [0.2, 0.25) is 0 Å². The third-order valence-corrected chi connectivity index (χ3v) is 8.46. The Morgan fingerprint density at radius 1 is 1.11 bits per heavy atom. The number of thioether (sulfide) groups is 1. The van der Waals surface area contributed by atoms with E-state index in [2.05, 4.69) is 5.32 Å². The number of aliphatic carboxylic acids is 1. The molecule has 0 saturated carbocycles. The van der Waals surface area contributed by atoms with Crippen molar-refractivity contribution in [3.63, 3.8) is 0 Å². The topological polar surface area (TPSA) is 113 Å². The maximum Gasteiger partial charge on any atom is 0.328 e. The van der Waals surface area contributed by atoms with Crippen LogP contribution in [0.5, 0.6) is 5.75 Å². The molecule has 1 aliphatic carbocycles. The van der Waals surface area contributed by atoms with Crippen molar-refractivity contribution < 1.29 is 29.0 Å². The minimum absolute atomic E-state index is 0.382. The highest BCUT2D eigenvalue weighted by Gasteiger charge is 2.64. The molecule has 0 bridgehead atoms. The predicted octanol–water partition coefficient (Wildman–Crippen LogP) is 2.50. The second-order valence-electron chi connectivity index (χ2n) is 9.63. The van der Waals surface area contributed by atoms with Crippen molar-refractivity contribution in [3.05, 3.63) is 65.2 Å². The summed E-state index contributed by atoms with van der Waals surface area (Å²) in [7, 11) is 0. The third-order valence-electron chi connectivity index (χ3n) is 6.89. The number of rotatable bonds is 6. The van der Waals surface area contributed by atoms with E-state index in [0.717, 1.165) is 24.8 Å². The molecule has 0 radical (unpaired) electrons. The molecule has 2 saturated heterocycles. The van der Waals surface area contributed by atoms with Gasteiger partial charge in [-0.05, 0) is 61.9 Å². The summed E-state index contributed by atoms with van der Waals surface area (Å²) < 4.78 is 4.92. The summed E-state index contributed by atoms with van der Waals surface area (Å²) in [5, 5.41) is 11.8. The number of amides is 2. The van der Waals surface area contributed by atoms with Crippen molar-refractivity contribution in [1.82, 2.24) is 10.2 Å². The van der Waals surface area contributed by atoms with Gasteiger partial charge in [0, 0.05) is 4.75 Å². The van der Waals surface area contributed by atoms with Gasteiger partial charge < -0.3 is 20.1 Å². The highest BCUT2D eigenvalue weighted by molar-refractivity contribution is 8.01. The Kier molecular flexibility index (Phi) is 5.83. The van der Waals surface area contributed by atoms with Gasteiger partial charge in [0.25, 0.3) is 0 Å². The van der Waals surface area contributed by atoms with Crippen LogP contribution in [0.4, 0.5) is 0 Å². The zero-order valence-corrected chi connectivity index (χ0v) is 20.2. The third kappa shape index (κ3) is 4.07. The molecule has 8 nitrogen and oxygen atoms in total. The fourth-order valence-corrected chi connectivity index (χ4v) is 6.83. The average Bonchev–Trinajstić information content (AvgIpc) is 3.38. The number of aryl methyl sites for hydroxylation is 2. The molecule has 0 aromatic heterocycles. The Balaban J connectivity index is 1.35. The Morgan fingerprint density at radius 2 is 1.83 bits per heavy atom. The summed E-state index contributed by atoms with van der Waals surface area (Å²) in [6.07, 6.45) is 2.99. The first-order chi connectivity index (χ1) is 16.7. The minimum atomic E-state index is -1.28. The Morgan fingerprint density at radius 3 is 2.54 bits per heavy atom. The van der Waals surface area contributed by atoms with E-state index in [4.69, 9.17) is 4.74 Å². The lowest BCUT2D eigenvalue weighted by molar-refractivity contribution is -0.161. The second-order valence-corrected chi connectivity index (χ2v) is 11.4. The van der Waals surface area contributed by atoms with Crippen LogP contribution in [0.1, 0.15) is 42.9 Å². The van der Waals surface area contributed by atoms with Crippen molar-refractivity contribution in [2.24, 2.45) is 0 Å². The van der Waals surface area contributed by atoms with Crippen LogP contribution in [0.3, 0.4) is 0 Å². The van der Waals surface area contributed by atoms with Crippen LogP contribution >= 0.6 is 11.8 Å². The van der Waals surface area contributed by atoms with Crippen LogP contribution in [0.25, 0.3) is 0 Å². The van der Waals surface area contributed by atoms with Crippen molar-refractivity contribution in [2.45, 2.75) is 61.2 Å². The molecule has 9 heteroatoms. The van der Waals surface area contributed by atoms with Gasteiger partial charge in [0.2, 0.25) is 11.8 Å². The number of fused-ring (bicyclic) bond motifs is 2. The number of benzene rings is 2. The van der Waals surface area contributed by atoms with Crippen LogP contribution in [-0.2, 0) is 32.0 Å². The number of β-lactam (4-membered cyclic amide) rings is 1.